The lowest BCUT2D eigenvalue weighted by Gasteiger charge is -2.10. The molecule has 0 saturated carbocycles. The van der Waals surface area contributed by atoms with Crippen LogP contribution in [0.2, 0.25) is 0 Å². The van der Waals surface area contributed by atoms with Gasteiger partial charge < -0.3 is 19.9 Å². The maximum Gasteiger partial charge on any atom is 0.244 e. The summed E-state index contributed by atoms with van der Waals surface area (Å²) in [5, 5.41) is 12.7. The number of carbonyl (C=O) groups excluding carboxylic acids is 1. The van der Waals surface area contributed by atoms with E-state index in [-0.39, 0.29) is 19.2 Å². The third-order valence-electron chi connectivity index (χ3n) is 3.48. The fraction of sp³-hybridized carbons (Fsp3) is 0.167. The molecule has 1 aliphatic rings. The number of benzene rings is 2. The number of nitrogens with one attached hydrogen (secondary N) is 1. The van der Waals surface area contributed by atoms with Crippen LogP contribution in [-0.2, 0) is 4.79 Å². The Balaban J connectivity index is 1.53. The average molecular weight is 311 g/mol. The summed E-state index contributed by atoms with van der Waals surface area (Å²) in [5.74, 6) is 1.11. The van der Waals surface area contributed by atoms with Crippen molar-refractivity contribution in [1.82, 2.24) is 5.32 Å². The van der Waals surface area contributed by atoms with Crippen molar-refractivity contribution < 1.29 is 19.4 Å². The zero-order chi connectivity index (χ0) is 16.1. The topological polar surface area (TPSA) is 67.8 Å². The van der Waals surface area contributed by atoms with Crippen LogP contribution in [0.25, 0.3) is 6.08 Å². The van der Waals surface area contributed by atoms with Crippen molar-refractivity contribution in [1.29, 1.82) is 0 Å². The number of aliphatic hydroxyl groups is 1. The van der Waals surface area contributed by atoms with Crippen LogP contribution < -0.4 is 14.8 Å². The van der Waals surface area contributed by atoms with Crippen LogP contribution in [0.3, 0.4) is 0 Å². The molecular formula is C18H17NO4. The van der Waals surface area contributed by atoms with Crippen molar-refractivity contribution in [2.45, 2.75) is 6.10 Å². The highest BCUT2D eigenvalue weighted by atomic mass is 16.7. The third kappa shape index (κ3) is 3.90. The molecule has 2 aromatic rings. The van der Waals surface area contributed by atoms with Gasteiger partial charge in [0.1, 0.15) is 0 Å². The molecular weight excluding hydrogens is 294 g/mol. The Bertz CT molecular complexity index is 712. The lowest BCUT2D eigenvalue weighted by molar-refractivity contribution is -0.116. The first kappa shape index (κ1) is 15.1. The van der Waals surface area contributed by atoms with Gasteiger partial charge in [-0.3, -0.25) is 4.79 Å². The minimum Gasteiger partial charge on any atom is -0.454 e. The lowest BCUT2D eigenvalue weighted by Crippen LogP contribution is -2.26. The molecule has 0 spiro atoms. The van der Waals surface area contributed by atoms with Gasteiger partial charge in [0.15, 0.2) is 11.5 Å². The maximum atomic E-state index is 11.8. The summed E-state index contributed by atoms with van der Waals surface area (Å²) < 4.78 is 10.5. The van der Waals surface area contributed by atoms with Gasteiger partial charge in [0.05, 0.1) is 6.10 Å². The Hall–Kier alpha value is -2.79. The monoisotopic (exact) mass is 311 g/mol. The first-order valence-electron chi connectivity index (χ1n) is 7.31. The number of amides is 1. The Morgan fingerprint density at radius 2 is 1.96 bits per heavy atom. The number of rotatable bonds is 5. The minimum atomic E-state index is -0.723. The van der Waals surface area contributed by atoms with Crippen molar-refractivity contribution in [3.63, 3.8) is 0 Å². The number of carbonyl (C=O) groups is 1. The molecule has 1 aliphatic heterocycles. The van der Waals surface area contributed by atoms with Crippen LogP contribution in [0.4, 0.5) is 0 Å². The molecule has 0 aliphatic carbocycles. The van der Waals surface area contributed by atoms with E-state index in [1.54, 1.807) is 12.1 Å². The van der Waals surface area contributed by atoms with Crippen LogP contribution >= 0.6 is 0 Å². The second-order valence-corrected chi connectivity index (χ2v) is 5.12. The largest absolute Gasteiger partial charge is 0.454 e. The van der Waals surface area contributed by atoms with Gasteiger partial charge in [0.25, 0.3) is 0 Å². The predicted molar refractivity (Wildman–Crippen MR) is 86.0 cm³/mol. The van der Waals surface area contributed by atoms with Crippen molar-refractivity contribution >= 4 is 12.0 Å². The number of ether oxygens (including phenoxy) is 2. The molecule has 23 heavy (non-hydrogen) atoms. The van der Waals surface area contributed by atoms with Gasteiger partial charge in [-0.1, -0.05) is 36.4 Å². The van der Waals surface area contributed by atoms with Crippen LogP contribution in [0.15, 0.2) is 54.6 Å². The van der Waals surface area contributed by atoms with E-state index < -0.39 is 6.10 Å². The summed E-state index contributed by atoms with van der Waals surface area (Å²) in [4.78, 5) is 11.8. The van der Waals surface area contributed by atoms with Gasteiger partial charge in [-0.2, -0.15) is 0 Å². The Morgan fingerprint density at radius 1 is 1.17 bits per heavy atom. The van der Waals surface area contributed by atoms with Crippen molar-refractivity contribution in [2.75, 3.05) is 13.3 Å². The van der Waals surface area contributed by atoms with E-state index in [0.29, 0.717) is 11.5 Å². The Labute approximate surface area is 134 Å². The van der Waals surface area contributed by atoms with E-state index in [1.807, 2.05) is 42.5 Å². The molecule has 1 amide bonds. The zero-order valence-corrected chi connectivity index (χ0v) is 12.4. The molecule has 5 heteroatoms. The molecule has 0 saturated heterocycles. The molecule has 0 aromatic heterocycles. The highest BCUT2D eigenvalue weighted by molar-refractivity contribution is 5.91. The van der Waals surface area contributed by atoms with E-state index in [1.165, 1.54) is 6.08 Å². The summed E-state index contributed by atoms with van der Waals surface area (Å²) in [5.41, 5.74) is 1.61. The van der Waals surface area contributed by atoms with Crippen molar-refractivity contribution in [2.24, 2.45) is 0 Å². The molecule has 5 nitrogen and oxygen atoms in total. The normalized spacial score (nSPS) is 14.0. The molecule has 118 valence electrons. The molecule has 0 unspecified atom stereocenters. The first-order chi connectivity index (χ1) is 11.2. The fourth-order valence-electron chi connectivity index (χ4n) is 2.24. The van der Waals surface area contributed by atoms with Crippen LogP contribution in [-0.4, -0.2) is 24.4 Å². The highest BCUT2D eigenvalue weighted by Gasteiger charge is 2.12. The van der Waals surface area contributed by atoms with Gasteiger partial charge in [-0.05, 0) is 29.3 Å². The molecule has 0 bridgehead atoms. The molecule has 0 fully saturated rings. The number of hydrogen-bond donors (Lipinski definition) is 2. The van der Waals surface area contributed by atoms with Crippen LogP contribution in [0.5, 0.6) is 11.5 Å². The number of aliphatic hydroxyl groups excluding tert-OH is 1. The van der Waals surface area contributed by atoms with Gasteiger partial charge >= 0.3 is 0 Å². The third-order valence-corrected chi connectivity index (χ3v) is 3.48. The summed E-state index contributed by atoms with van der Waals surface area (Å²) >= 11 is 0. The summed E-state index contributed by atoms with van der Waals surface area (Å²) in [7, 11) is 0. The first-order valence-corrected chi connectivity index (χ1v) is 7.31. The number of hydrogen-bond acceptors (Lipinski definition) is 4. The SMILES string of the molecule is O=C(/C=C/c1ccc2c(c1)OCO2)NC[C@H](O)c1ccccc1. The summed E-state index contributed by atoms with van der Waals surface area (Å²) in [6, 6.07) is 14.7. The van der Waals surface area contributed by atoms with Crippen LogP contribution in [0, 0.1) is 0 Å². The van der Waals surface area contributed by atoms with E-state index in [0.717, 1.165) is 11.1 Å². The molecule has 0 radical (unpaired) electrons. The van der Waals surface area contributed by atoms with Crippen LogP contribution in [0.1, 0.15) is 17.2 Å². The second kappa shape index (κ2) is 6.98. The van der Waals surface area contributed by atoms with E-state index >= 15 is 0 Å². The quantitative estimate of drug-likeness (QED) is 0.831. The summed E-state index contributed by atoms with van der Waals surface area (Å²) in [6.45, 7) is 0.384. The van der Waals surface area contributed by atoms with E-state index in [2.05, 4.69) is 5.32 Å². The standard InChI is InChI=1S/C18H17NO4/c20-15(14-4-2-1-3-5-14)11-19-18(21)9-7-13-6-8-16-17(10-13)23-12-22-16/h1-10,15,20H,11-12H2,(H,19,21)/b9-7+/t15-/m0/s1. The molecule has 2 N–H and O–H groups in total. The molecule has 3 rings (SSSR count). The fourth-order valence-corrected chi connectivity index (χ4v) is 2.24. The van der Waals surface area contributed by atoms with Gasteiger partial charge in [-0.25, -0.2) is 0 Å². The summed E-state index contributed by atoms with van der Waals surface area (Å²) in [6.07, 6.45) is 2.39. The zero-order valence-electron chi connectivity index (χ0n) is 12.4. The predicted octanol–water partition coefficient (Wildman–Crippen LogP) is 2.28. The van der Waals surface area contributed by atoms with Gasteiger partial charge in [0, 0.05) is 12.6 Å². The Kier molecular flexibility index (Phi) is 4.59. The van der Waals surface area contributed by atoms with Gasteiger partial charge in [-0.15, -0.1) is 0 Å². The number of fused-ring (bicyclic) bond motifs is 1. The van der Waals surface area contributed by atoms with Crippen molar-refractivity contribution in [3.8, 4) is 11.5 Å². The maximum absolute atomic E-state index is 11.8. The molecule has 2 aromatic carbocycles. The minimum absolute atomic E-state index is 0.161. The average Bonchev–Trinajstić information content (AvgIpc) is 3.06. The van der Waals surface area contributed by atoms with E-state index in [4.69, 9.17) is 9.47 Å². The highest BCUT2D eigenvalue weighted by Crippen LogP contribution is 2.32. The molecule has 1 atom stereocenters. The van der Waals surface area contributed by atoms with E-state index in [9.17, 15) is 9.90 Å². The smallest absolute Gasteiger partial charge is 0.244 e. The van der Waals surface area contributed by atoms with Gasteiger partial charge in [0.2, 0.25) is 12.7 Å². The lowest BCUT2D eigenvalue weighted by atomic mass is 10.1. The molecule has 1 heterocycles. The second-order valence-electron chi connectivity index (χ2n) is 5.12. The Morgan fingerprint density at radius 3 is 2.78 bits per heavy atom. The van der Waals surface area contributed by atoms with Crippen molar-refractivity contribution in [3.05, 3.63) is 65.7 Å².